The number of rotatable bonds is 4. The maximum Gasteiger partial charge on any atom is 0.252 e. The van der Waals surface area contributed by atoms with Crippen LogP contribution in [0.3, 0.4) is 0 Å². The van der Waals surface area contributed by atoms with Crippen LogP contribution in [0.1, 0.15) is 31.3 Å². The minimum absolute atomic E-state index is 0.364. The van der Waals surface area contributed by atoms with Crippen LogP contribution in [0.25, 0.3) is 17.0 Å². The molecule has 1 fully saturated rings. The molecule has 0 aromatic carbocycles. The number of ether oxygens (including phenoxy) is 1. The Morgan fingerprint density at radius 1 is 1.19 bits per heavy atom. The third-order valence-electron chi connectivity index (χ3n) is 4.91. The van der Waals surface area contributed by atoms with Gasteiger partial charge in [0.15, 0.2) is 5.82 Å². The zero-order valence-corrected chi connectivity index (χ0v) is 15.4. The highest BCUT2D eigenvalue weighted by molar-refractivity contribution is 5.63. The molecule has 136 valence electrons. The molecule has 1 aliphatic rings. The van der Waals surface area contributed by atoms with E-state index in [2.05, 4.69) is 31.9 Å². The van der Waals surface area contributed by atoms with Crippen molar-refractivity contribution in [2.24, 2.45) is 5.92 Å². The van der Waals surface area contributed by atoms with E-state index >= 15 is 0 Å². The Morgan fingerprint density at radius 3 is 2.77 bits per heavy atom. The predicted molar refractivity (Wildman–Crippen MR) is 97.9 cm³/mol. The van der Waals surface area contributed by atoms with Gasteiger partial charge in [0, 0.05) is 38.2 Å². The van der Waals surface area contributed by atoms with Crippen molar-refractivity contribution in [3.05, 3.63) is 30.0 Å². The van der Waals surface area contributed by atoms with E-state index in [0.29, 0.717) is 18.2 Å². The zero-order valence-electron chi connectivity index (χ0n) is 15.4. The van der Waals surface area contributed by atoms with Crippen molar-refractivity contribution >= 4 is 11.7 Å². The second-order valence-electron chi connectivity index (χ2n) is 6.84. The lowest BCUT2D eigenvalue weighted by Crippen LogP contribution is -2.34. The summed E-state index contributed by atoms with van der Waals surface area (Å²) in [5.41, 5.74) is 2.73. The van der Waals surface area contributed by atoms with Crippen LogP contribution in [0.4, 0.5) is 5.95 Å². The molecule has 0 bridgehead atoms. The molecular formula is C18H23N7O. The van der Waals surface area contributed by atoms with Crippen molar-refractivity contribution < 1.29 is 4.74 Å². The van der Waals surface area contributed by atoms with Crippen molar-refractivity contribution in [1.29, 1.82) is 0 Å². The van der Waals surface area contributed by atoms with Crippen LogP contribution in [0.15, 0.2) is 18.5 Å². The highest BCUT2D eigenvalue weighted by Gasteiger charge is 2.19. The number of fused-ring (bicyclic) bond motifs is 1. The van der Waals surface area contributed by atoms with E-state index in [1.165, 1.54) is 12.8 Å². The summed E-state index contributed by atoms with van der Waals surface area (Å²) >= 11 is 0. The van der Waals surface area contributed by atoms with Crippen LogP contribution >= 0.6 is 0 Å². The van der Waals surface area contributed by atoms with Gasteiger partial charge in [0.25, 0.3) is 5.78 Å². The number of methoxy groups -OCH3 is 1. The molecule has 0 unspecified atom stereocenters. The lowest BCUT2D eigenvalue weighted by molar-refractivity contribution is 0.178. The number of hydrogen-bond donors (Lipinski definition) is 0. The summed E-state index contributed by atoms with van der Waals surface area (Å²) < 4.78 is 6.85. The molecule has 3 aromatic heterocycles. The first-order chi connectivity index (χ1) is 12.7. The molecule has 0 radical (unpaired) electrons. The van der Waals surface area contributed by atoms with E-state index < -0.39 is 0 Å². The van der Waals surface area contributed by atoms with E-state index in [0.717, 1.165) is 41.9 Å². The molecule has 0 aliphatic carbocycles. The number of piperidine rings is 1. The molecule has 0 atom stereocenters. The van der Waals surface area contributed by atoms with Gasteiger partial charge in [-0.25, -0.2) is 19.5 Å². The third-order valence-corrected chi connectivity index (χ3v) is 4.91. The van der Waals surface area contributed by atoms with Gasteiger partial charge in [-0.3, -0.25) is 0 Å². The molecule has 1 saturated heterocycles. The Morgan fingerprint density at radius 2 is 2.00 bits per heavy atom. The number of anilines is 1. The van der Waals surface area contributed by atoms with Gasteiger partial charge in [0.2, 0.25) is 5.95 Å². The van der Waals surface area contributed by atoms with Crippen LogP contribution in [0.2, 0.25) is 0 Å². The van der Waals surface area contributed by atoms with Crippen molar-refractivity contribution in [2.45, 2.75) is 33.3 Å². The molecule has 4 heterocycles. The number of hydrogen-bond acceptors (Lipinski definition) is 7. The molecule has 4 rings (SSSR count). The summed E-state index contributed by atoms with van der Waals surface area (Å²) in [6.07, 6.45) is 5.99. The van der Waals surface area contributed by atoms with Gasteiger partial charge < -0.3 is 9.64 Å². The monoisotopic (exact) mass is 353 g/mol. The van der Waals surface area contributed by atoms with E-state index in [4.69, 9.17) is 9.72 Å². The van der Waals surface area contributed by atoms with E-state index in [9.17, 15) is 0 Å². The second kappa shape index (κ2) is 6.95. The Balaban J connectivity index is 1.69. The Bertz CT molecular complexity index is 915. The number of aryl methyl sites for hydroxylation is 1. The summed E-state index contributed by atoms with van der Waals surface area (Å²) in [5, 5.41) is 4.47. The fraction of sp³-hybridized carbons (Fsp3) is 0.500. The normalized spacial score (nSPS) is 15.7. The summed E-state index contributed by atoms with van der Waals surface area (Å²) in [6.45, 7) is 6.67. The largest absolute Gasteiger partial charge is 0.377 e. The smallest absolute Gasteiger partial charge is 0.252 e. The lowest BCUT2D eigenvalue weighted by Gasteiger charge is -2.30. The summed E-state index contributed by atoms with van der Waals surface area (Å²) in [7, 11) is 1.63. The summed E-state index contributed by atoms with van der Waals surface area (Å²) in [5.74, 6) is 2.74. The van der Waals surface area contributed by atoms with Crippen molar-refractivity contribution in [2.75, 3.05) is 25.1 Å². The van der Waals surface area contributed by atoms with Gasteiger partial charge in [-0.05, 0) is 31.7 Å². The highest BCUT2D eigenvalue weighted by Crippen LogP contribution is 2.24. The molecular weight excluding hydrogens is 330 g/mol. The van der Waals surface area contributed by atoms with Crippen LogP contribution in [0.5, 0.6) is 0 Å². The van der Waals surface area contributed by atoms with E-state index in [1.807, 2.05) is 19.2 Å². The van der Waals surface area contributed by atoms with E-state index in [1.54, 1.807) is 17.8 Å². The molecule has 0 spiro atoms. The molecule has 8 heteroatoms. The highest BCUT2D eigenvalue weighted by atomic mass is 16.5. The number of nitrogens with zero attached hydrogens (tertiary/aromatic N) is 7. The minimum atomic E-state index is 0.364. The molecule has 8 nitrogen and oxygen atoms in total. The maximum absolute atomic E-state index is 5.11. The summed E-state index contributed by atoms with van der Waals surface area (Å²) in [6, 6.07) is 1.92. The van der Waals surface area contributed by atoms with E-state index in [-0.39, 0.29) is 0 Å². The summed E-state index contributed by atoms with van der Waals surface area (Å²) in [4.78, 5) is 20.3. The molecule has 1 aliphatic heterocycles. The van der Waals surface area contributed by atoms with Crippen LogP contribution in [0, 0.1) is 12.8 Å². The second-order valence-corrected chi connectivity index (χ2v) is 6.84. The van der Waals surface area contributed by atoms with Crippen LogP contribution < -0.4 is 4.90 Å². The molecule has 0 N–H and O–H groups in total. The van der Waals surface area contributed by atoms with Gasteiger partial charge in [-0.2, -0.15) is 4.98 Å². The van der Waals surface area contributed by atoms with Crippen LogP contribution in [-0.2, 0) is 11.3 Å². The van der Waals surface area contributed by atoms with Gasteiger partial charge in [0.1, 0.15) is 6.61 Å². The topological polar surface area (TPSA) is 81.3 Å². The Labute approximate surface area is 152 Å². The minimum Gasteiger partial charge on any atom is -0.377 e. The van der Waals surface area contributed by atoms with Crippen LogP contribution in [-0.4, -0.2) is 49.7 Å². The third kappa shape index (κ3) is 3.12. The van der Waals surface area contributed by atoms with Gasteiger partial charge in [-0.1, -0.05) is 6.92 Å². The average Bonchev–Trinajstić information content (AvgIpc) is 3.07. The molecule has 26 heavy (non-hydrogen) atoms. The Kier molecular flexibility index (Phi) is 4.50. The molecule has 0 amide bonds. The standard InChI is InChI=1S/C18H23N7O/c1-12-5-8-24(9-6-12)17-19-7-4-15(21-17)14-10-20-18-22-16(11-26-3)23-25(18)13(14)2/h4,7,10,12H,5-6,8-9,11H2,1-3H3. The van der Waals surface area contributed by atoms with Gasteiger partial charge >= 0.3 is 0 Å². The zero-order chi connectivity index (χ0) is 18.1. The molecule has 3 aromatic rings. The first kappa shape index (κ1) is 16.8. The Hall–Kier alpha value is -2.61. The fourth-order valence-electron chi connectivity index (χ4n) is 3.28. The van der Waals surface area contributed by atoms with Gasteiger partial charge in [0.05, 0.1) is 11.4 Å². The first-order valence-corrected chi connectivity index (χ1v) is 8.94. The lowest BCUT2D eigenvalue weighted by atomic mass is 10.00. The number of aromatic nitrogens is 6. The van der Waals surface area contributed by atoms with Crippen molar-refractivity contribution in [3.63, 3.8) is 0 Å². The SMILES string of the molecule is COCc1nc2ncc(-c3ccnc(N4CCC(C)CC4)n3)c(C)n2n1. The molecule has 0 saturated carbocycles. The quantitative estimate of drug-likeness (QED) is 0.711. The van der Waals surface area contributed by atoms with Crippen molar-refractivity contribution in [1.82, 2.24) is 29.5 Å². The van der Waals surface area contributed by atoms with Gasteiger partial charge in [-0.15, -0.1) is 5.10 Å². The first-order valence-electron chi connectivity index (χ1n) is 8.94. The average molecular weight is 353 g/mol. The maximum atomic E-state index is 5.11. The fourth-order valence-corrected chi connectivity index (χ4v) is 3.28. The predicted octanol–water partition coefficient (Wildman–Crippen LogP) is 2.27. The van der Waals surface area contributed by atoms with Crippen molar-refractivity contribution in [3.8, 4) is 11.3 Å².